The molecular formula is C17H14BrNO2. The highest BCUT2D eigenvalue weighted by Crippen LogP contribution is 2.33. The van der Waals surface area contributed by atoms with Crippen molar-refractivity contribution in [3.63, 3.8) is 0 Å². The molecule has 0 atom stereocenters. The van der Waals surface area contributed by atoms with E-state index in [-0.39, 0.29) is 0 Å². The van der Waals surface area contributed by atoms with Crippen LogP contribution >= 0.6 is 15.9 Å². The smallest absolute Gasteiger partial charge is 0.129 e. The third-order valence-corrected chi connectivity index (χ3v) is 3.88. The second kappa shape index (κ2) is 6.19. The van der Waals surface area contributed by atoms with E-state index in [0.29, 0.717) is 13.0 Å². The number of fused-ring (bicyclic) bond motifs is 1. The fourth-order valence-corrected chi connectivity index (χ4v) is 2.96. The quantitative estimate of drug-likeness (QED) is 0.841. The van der Waals surface area contributed by atoms with E-state index >= 15 is 0 Å². The third-order valence-electron chi connectivity index (χ3n) is 3.43. The maximum atomic E-state index is 8.66. The van der Waals surface area contributed by atoms with Crippen molar-refractivity contribution in [1.82, 2.24) is 0 Å². The van der Waals surface area contributed by atoms with Gasteiger partial charge in [-0.25, -0.2) is 0 Å². The van der Waals surface area contributed by atoms with Gasteiger partial charge in [-0.3, -0.25) is 0 Å². The van der Waals surface area contributed by atoms with Gasteiger partial charge in [-0.1, -0.05) is 28.1 Å². The van der Waals surface area contributed by atoms with Gasteiger partial charge in [-0.2, -0.15) is 5.26 Å². The average Bonchev–Trinajstić information content (AvgIpc) is 2.94. The number of hydrogen-bond acceptors (Lipinski definition) is 3. The van der Waals surface area contributed by atoms with Gasteiger partial charge in [0.05, 0.1) is 19.1 Å². The normalized spacial score (nSPS) is 12.4. The Morgan fingerprint density at radius 2 is 2.05 bits per heavy atom. The molecule has 106 valence electrons. The standard InChI is InChI=1S/C17H14BrNO2/c18-15-9-13-6-8-20-17(13)14(10-15)11-21-16-3-1-12(2-4-16)5-7-19/h1-4,9-10H,5-6,8,11H2. The highest BCUT2D eigenvalue weighted by molar-refractivity contribution is 9.10. The van der Waals surface area contributed by atoms with E-state index < -0.39 is 0 Å². The molecule has 0 saturated carbocycles. The summed E-state index contributed by atoms with van der Waals surface area (Å²) in [5.41, 5.74) is 3.28. The lowest BCUT2D eigenvalue weighted by atomic mass is 10.1. The Balaban J connectivity index is 1.72. The van der Waals surface area contributed by atoms with Crippen molar-refractivity contribution >= 4 is 15.9 Å². The van der Waals surface area contributed by atoms with Gasteiger partial charge in [-0.15, -0.1) is 0 Å². The summed E-state index contributed by atoms with van der Waals surface area (Å²) in [4.78, 5) is 0. The van der Waals surface area contributed by atoms with Crippen LogP contribution in [0.25, 0.3) is 0 Å². The number of halogens is 1. The zero-order valence-corrected chi connectivity index (χ0v) is 13.0. The molecule has 0 radical (unpaired) electrons. The van der Waals surface area contributed by atoms with Crippen LogP contribution in [-0.4, -0.2) is 6.61 Å². The minimum absolute atomic E-state index is 0.424. The first-order valence-corrected chi connectivity index (χ1v) is 7.58. The number of nitriles is 1. The molecule has 0 spiro atoms. The minimum atomic E-state index is 0.424. The molecule has 3 nitrogen and oxygen atoms in total. The summed E-state index contributed by atoms with van der Waals surface area (Å²) >= 11 is 3.53. The Morgan fingerprint density at radius 1 is 1.24 bits per heavy atom. The first-order valence-electron chi connectivity index (χ1n) is 6.79. The van der Waals surface area contributed by atoms with Crippen LogP contribution in [0.4, 0.5) is 0 Å². The summed E-state index contributed by atoms with van der Waals surface area (Å²) in [6.07, 6.45) is 1.37. The van der Waals surface area contributed by atoms with Gasteiger partial charge in [0, 0.05) is 16.5 Å². The number of benzene rings is 2. The summed E-state index contributed by atoms with van der Waals surface area (Å²) in [6.45, 7) is 1.21. The molecule has 1 aliphatic heterocycles. The summed E-state index contributed by atoms with van der Waals surface area (Å²) in [5.74, 6) is 1.75. The molecule has 0 fully saturated rings. The number of rotatable bonds is 4. The topological polar surface area (TPSA) is 42.2 Å². The number of hydrogen-bond donors (Lipinski definition) is 0. The van der Waals surface area contributed by atoms with Gasteiger partial charge in [0.2, 0.25) is 0 Å². The fraction of sp³-hybridized carbons (Fsp3) is 0.235. The fourth-order valence-electron chi connectivity index (χ4n) is 2.41. The lowest BCUT2D eigenvalue weighted by Gasteiger charge is -2.11. The van der Waals surface area contributed by atoms with Gasteiger partial charge in [0.1, 0.15) is 18.1 Å². The summed E-state index contributed by atoms with van der Waals surface area (Å²) in [6, 6.07) is 13.9. The maximum absolute atomic E-state index is 8.66. The zero-order valence-electron chi connectivity index (χ0n) is 11.4. The number of nitrogens with zero attached hydrogens (tertiary/aromatic N) is 1. The molecule has 3 rings (SSSR count). The molecule has 0 aromatic heterocycles. The minimum Gasteiger partial charge on any atom is -0.493 e. The first-order chi connectivity index (χ1) is 10.3. The molecule has 1 aliphatic rings. The molecule has 1 heterocycles. The van der Waals surface area contributed by atoms with Crippen molar-refractivity contribution < 1.29 is 9.47 Å². The van der Waals surface area contributed by atoms with Crippen LogP contribution in [0.15, 0.2) is 40.9 Å². The molecule has 21 heavy (non-hydrogen) atoms. The van der Waals surface area contributed by atoms with Crippen LogP contribution in [0.5, 0.6) is 11.5 Å². The summed E-state index contributed by atoms with van der Waals surface area (Å²) in [5, 5.41) is 8.66. The van der Waals surface area contributed by atoms with Crippen LogP contribution in [0.1, 0.15) is 16.7 Å². The largest absolute Gasteiger partial charge is 0.493 e. The Hall–Kier alpha value is -1.99. The number of ether oxygens (including phenoxy) is 2. The second-order valence-electron chi connectivity index (χ2n) is 4.92. The van der Waals surface area contributed by atoms with E-state index in [1.165, 1.54) is 5.56 Å². The van der Waals surface area contributed by atoms with Crippen molar-refractivity contribution in [3.05, 3.63) is 57.6 Å². The summed E-state index contributed by atoms with van der Waals surface area (Å²) in [7, 11) is 0. The first kappa shape index (κ1) is 14.0. The molecular weight excluding hydrogens is 330 g/mol. The third kappa shape index (κ3) is 3.20. The van der Waals surface area contributed by atoms with E-state index in [1.54, 1.807) is 0 Å². The Morgan fingerprint density at radius 3 is 2.81 bits per heavy atom. The van der Waals surface area contributed by atoms with Crippen molar-refractivity contribution in [2.45, 2.75) is 19.4 Å². The van der Waals surface area contributed by atoms with E-state index in [4.69, 9.17) is 14.7 Å². The Kier molecular flexibility index (Phi) is 4.12. The molecule has 0 N–H and O–H groups in total. The molecule has 0 saturated heterocycles. The highest BCUT2D eigenvalue weighted by Gasteiger charge is 2.17. The molecule has 4 heteroatoms. The van der Waals surface area contributed by atoms with Crippen LogP contribution in [0.3, 0.4) is 0 Å². The molecule has 0 amide bonds. The van der Waals surface area contributed by atoms with Crippen LogP contribution < -0.4 is 9.47 Å². The molecule has 0 unspecified atom stereocenters. The van der Waals surface area contributed by atoms with Gasteiger partial charge >= 0.3 is 0 Å². The predicted octanol–water partition coefficient (Wildman–Crippen LogP) is 4.03. The second-order valence-corrected chi connectivity index (χ2v) is 5.83. The Bertz CT molecular complexity index is 689. The van der Waals surface area contributed by atoms with Crippen LogP contribution in [0.2, 0.25) is 0 Å². The van der Waals surface area contributed by atoms with Gasteiger partial charge in [0.15, 0.2) is 0 Å². The van der Waals surface area contributed by atoms with Gasteiger partial charge in [-0.05, 0) is 35.4 Å². The monoisotopic (exact) mass is 343 g/mol. The van der Waals surface area contributed by atoms with Crippen molar-refractivity contribution in [2.75, 3.05) is 6.61 Å². The highest BCUT2D eigenvalue weighted by atomic mass is 79.9. The van der Waals surface area contributed by atoms with E-state index in [0.717, 1.165) is 40.1 Å². The molecule has 0 aliphatic carbocycles. The lowest BCUT2D eigenvalue weighted by Crippen LogP contribution is -1.99. The Labute approximate surface area is 132 Å². The summed E-state index contributed by atoms with van der Waals surface area (Å²) < 4.78 is 12.6. The van der Waals surface area contributed by atoms with Crippen LogP contribution in [0, 0.1) is 11.3 Å². The molecule has 2 aromatic carbocycles. The zero-order chi connectivity index (χ0) is 14.7. The van der Waals surface area contributed by atoms with E-state index in [9.17, 15) is 0 Å². The van der Waals surface area contributed by atoms with Crippen molar-refractivity contribution in [3.8, 4) is 17.6 Å². The van der Waals surface area contributed by atoms with Gasteiger partial charge < -0.3 is 9.47 Å². The van der Waals surface area contributed by atoms with Crippen molar-refractivity contribution in [2.24, 2.45) is 0 Å². The van der Waals surface area contributed by atoms with Crippen molar-refractivity contribution in [1.29, 1.82) is 5.26 Å². The predicted molar refractivity (Wildman–Crippen MR) is 83.4 cm³/mol. The average molecular weight is 344 g/mol. The van der Waals surface area contributed by atoms with E-state index in [2.05, 4.69) is 28.1 Å². The maximum Gasteiger partial charge on any atom is 0.129 e. The van der Waals surface area contributed by atoms with E-state index in [1.807, 2.05) is 30.3 Å². The molecule has 2 aromatic rings. The SMILES string of the molecule is N#CCc1ccc(OCc2cc(Br)cc3c2OCC3)cc1. The lowest BCUT2D eigenvalue weighted by molar-refractivity contribution is 0.292. The van der Waals surface area contributed by atoms with Crippen LogP contribution in [-0.2, 0) is 19.4 Å². The molecule has 0 bridgehead atoms. The van der Waals surface area contributed by atoms with Gasteiger partial charge in [0.25, 0.3) is 0 Å².